The molecule has 1 atom stereocenters. The number of ketones is 1. The molecule has 0 spiro atoms. The number of carbonyl (C=O) groups is 2. The van der Waals surface area contributed by atoms with Crippen LogP contribution in [0.5, 0.6) is 0 Å². The highest BCUT2D eigenvalue weighted by Crippen LogP contribution is 2.41. The molecule has 4 rings (SSSR count). The van der Waals surface area contributed by atoms with Gasteiger partial charge in [0.25, 0.3) is 11.7 Å². The zero-order chi connectivity index (χ0) is 22.1. The van der Waals surface area contributed by atoms with E-state index in [1.165, 1.54) is 4.90 Å². The van der Waals surface area contributed by atoms with Gasteiger partial charge in [-0.05, 0) is 48.5 Å². The van der Waals surface area contributed by atoms with Gasteiger partial charge < -0.3 is 10.0 Å². The molecule has 1 aliphatic rings. The first-order chi connectivity index (χ1) is 14.9. The molecule has 7 heteroatoms. The Hall–Kier alpha value is -3.64. The van der Waals surface area contributed by atoms with E-state index in [0.29, 0.717) is 22.0 Å². The van der Waals surface area contributed by atoms with E-state index in [-0.39, 0.29) is 11.3 Å². The van der Waals surface area contributed by atoms with E-state index in [2.05, 4.69) is 4.98 Å². The summed E-state index contributed by atoms with van der Waals surface area (Å²) >= 11 is 6.07. The van der Waals surface area contributed by atoms with Crippen molar-refractivity contribution in [2.45, 2.75) is 6.04 Å². The molecular weight excluding hydrogens is 414 g/mol. The Morgan fingerprint density at radius 1 is 1.03 bits per heavy atom. The predicted octanol–water partition coefficient (Wildman–Crippen LogP) is 4.43. The second-order valence-corrected chi connectivity index (χ2v) is 7.78. The van der Waals surface area contributed by atoms with Crippen molar-refractivity contribution in [2.75, 3.05) is 23.9 Å². The summed E-state index contributed by atoms with van der Waals surface area (Å²) < 4.78 is 0. The number of hydrogen-bond acceptors (Lipinski definition) is 5. The van der Waals surface area contributed by atoms with E-state index in [1.807, 2.05) is 31.1 Å². The molecule has 1 unspecified atom stereocenters. The SMILES string of the molecule is CN(C)c1ccc(N2C(=O)C(=O)/C(=C(\O)c3cccc(Cl)c3)C2c2ccccn2)cc1. The monoisotopic (exact) mass is 433 g/mol. The average Bonchev–Trinajstić information content (AvgIpc) is 3.04. The van der Waals surface area contributed by atoms with Crippen molar-refractivity contribution < 1.29 is 14.7 Å². The van der Waals surface area contributed by atoms with Crippen LogP contribution in [0.15, 0.2) is 78.5 Å². The van der Waals surface area contributed by atoms with Crippen molar-refractivity contribution in [3.05, 3.63) is 94.8 Å². The quantitative estimate of drug-likeness (QED) is 0.374. The summed E-state index contributed by atoms with van der Waals surface area (Å²) in [6, 6.07) is 18.2. The molecule has 3 aromatic rings. The largest absolute Gasteiger partial charge is 0.507 e. The number of pyridine rings is 1. The third-order valence-electron chi connectivity index (χ3n) is 5.15. The Bertz CT molecular complexity index is 1170. The first-order valence-electron chi connectivity index (χ1n) is 9.63. The summed E-state index contributed by atoms with van der Waals surface area (Å²) in [4.78, 5) is 33.8. The number of halogens is 1. The van der Waals surface area contributed by atoms with Gasteiger partial charge in [0.15, 0.2) is 0 Å². The van der Waals surface area contributed by atoms with Gasteiger partial charge in [-0.15, -0.1) is 0 Å². The van der Waals surface area contributed by atoms with Gasteiger partial charge in [0.05, 0.1) is 11.3 Å². The lowest BCUT2D eigenvalue weighted by Crippen LogP contribution is -2.29. The summed E-state index contributed by atoms with van der Waals surface area (Å²) in [7, 11) is 3.83. The molecule has 2 aromatic carbocycles. The molecule has 1 aromatic heterocycles. The number of benzene rings is 2. The van der Waals surface area contributed by atoms with Crippen molar-refractivity contribution in [1.82, 2.24) is 4.98 Å². The van der Waals surface area contributed by atoms with Gasteiger partial charge in [-0.2, -0.15) is 0 Å². The van der Waals surface area contributed by atoms with Gasteiger partial charge in [-0.25, -0.2) is 0 Å². The zero-order valence-electron chi connectivity index (χ0n) is 17.0. The average molecular weight is 434 g/mol. The second-order valence-electron chi connectivity index (χ2n) is 7.34. The number of aliphatic hydroxyl groups excluding tert-OH is 1. The maximum atomic E-state index is 13.1. The fraction of sp³-hybridized carbons (Fsp3) is 0.125. The van der Waals surface area contributed by atoms with Crippen molar-refractivity contribution in [3.63, 3.8) is 0 Å². The van der Waals surface area contributed by atoms with Crippen LogP contribution < -0.4 is 9.80 Å². The van der Waals surface area contributed by atoms with Crippen LogP contribution >= 0.6 is 11.6 Å². The van der Waals surface area contributed by atoms with Crippen molar-refractivity contribution in [3.8, 4) is 0 Å². The standard InChI is InChI=1S/C24H20ClN3O3/c1-27(2)17-9-11-18(12-10-17)28-21(19-8-3-4-13-26-19)20(23(30)24(28)31)22(29)15-6-5-7-16(25)14-15/h3-14,21,29H,1-2H3/b22-20-. The third-order valence-corrected chi connectivity index (χ3v) is 5.39. The minimum absolute atomic E-state index is 0.0253. The van der Waals surface area contributed by atoms with E-state index >= 15 is 0 Å². The van der Waals surface area contributed by atoms with Crippen LogP contribution in [0, 0.1) is 0 Å². The number of Topliss-reactive ketones (excluding diaryl/α,β-unsaturated/α-hetero) is 1. The van der Waals surface area contributed by atoms with Crippen LogP contribution in [0.25, 0.3) is 5.76 Å². The fourth-order valence-corrected chi connectivity index (χ4v) is 3.81. The molecule has 0 saturated carbocycles. The van der Waals surface area contributed by atoms with Gasteiger partial charge >= 0.3 is 0 Å². The molecule has 1 aliphatic heterocycles. The van der Waals surface area contributed by atoms with Crippen LogP contribution in [-0.2, 0) is 9.59 Å². The van der Waals surface area contributed by atoms with Crippen LogP contribution in [0.2, 0.25) is 5.02 Å². The van der Waals surface area contributed by atoms with Gasteiger partial charge in [0, 0.05) is 42.3 Å². The minimum Gasteiger partial charge on any atom is -0.507 e. The highest BCUT2D eigenvalue weighted by atomic mass is 35.5. The number of aromatic nitrogens is 1. The summed E-state index contributed by atoms with van der Waals surface area (Å²) in [5.74, 6) is -1.79. The Morgan fingerprint density at radius 2 is 1.77 bits per heavy atom. The lowest BCUT2D eigenvalue weighted by molar-refractivity contribution is -0.132. The van der Waals surface area contributed by atoms with E-state index in [1.54, 1.807) is 60.8 Å². The van der Waals surface area contributed by atoms with Gasteiger partial charge in [-0.3, -0.25) is 19.5 Å². The number of amides is 1. The molecule has 0 radical (unpaired) electrons. The molecule has 1 N–H and O–H groups in total. The van der Waals surface area contributed by atoms with Crippen molar-refractivity contribution in [1.29, 1.82) is 0 Å². The minimum atomic E-state index is -0.870. The van der Waals surface area contributed by atoms with Crippen LogP contribution in [0.3, 0.4) is 0 Å². The molecule has 156 valence electrons. The number of hydrogen-bond donors (Lipinski definition) is 1. The molecular formula is C24H20ClN3O3. The van der Waals surface area contributed by atoms with E-state index < -0.39 is 17.7 Å². The van der Waals surface area contributed by atoms with E-state index in [9.17, 15) is 14.7 Å². The Kier molecular flexibility index (Phi) is 5.48. The Labute approximate surface area is 185 Å². The Morgan fingerprint density at radius 3 is 2.39 bits per heavy atom. The summed E-state index contributed by atoms with van der Waals surface area (Å²) in [5.41, 5.74) is 2.29. The highest BCUT2D eigenvalue weighted by Gasteiger charge is 2.47. The first-order valence-corrected chi connectivity index (χ1v) is 10.0. The normalized spacial score (nSPS) is 17.8. The molecule has 2 heterocycles. The van der Waals surface area contributed by atoms with Crippen LogP contribution in [0.4, 0.5) is 11.4 Å². The van der Waals surface area contributed by atoms with Gasteiger partial charge in [-0.1, -0.05) is 29.8 Å². The molecule has 1 amide bonds. The topological polar surface area (TPSA) is 73.7 Å². The fourth-order valence-electron chi connectivity index (χ4n) is 3.62. The Balaban J connectivity index is 1.90. The number of anilines is 2. The smallest absolute Gasteiger partial charge is 0.300 e. The molecule has 0 aliphatic carbocycles. The van der Waals surface area contributed by atoms with Gasteiger partial charge in [0.1, 0.15) is 11.8 Å². The van der Waals surface area contributed by atoms with E-state index in [0.717, 1.165) is 5.69 Å². The van der Waals surface area contributed by atoms with E-state index in [4.69, 9.17) is 11.6 Å². The molecule has 1 saturated heterocycles. The third kappa shape index (κ3) is 3.78. The van der Waals surface area contributed by atoms with Gasteiger partial charge in [0.2, 0.25) is 0 Å². The number of rotatable bonds is 4. The molecule has 1 fully saturated rings. The van der Waals surface area contributed by atoms with Crippen LogP contribution in [0.1, 0.15) is 17.3 Å². The predicted molar refractivity (Wildman–Crippen MR) is 121 cm³/mol. The molecule has 6 nitrogen and oxygen atoms in total. The first kappa shape index (κ1) is 20.6. The number of aliphatic hydroxyl groups is 1. The van der Waals surface area contributed by atoms with Crippen molar-refractivity contribution in [2.24, 2.45) is 0 Å². The lowest BCUT2D eigenvalue weighted by atomic mass is 9.98. The molecule has 31 heavy (non-hydrogen) atoms. The second kappa shape index (κ2) is 8.24. The zero-order valence-corrected chi connectivity index (χ0v) is 17.7. The maximum Gasteiger partial charge on any atom is 0.300 e. The number of nitrogens with zero attached hydrogens (tertiary/aromatic N) is 3. The lowest BCUT2D eigenvalue weighted by Gasteiger charge is -2.25. The number of carbonyl (C=O) groups excluding carboxylic acids is 2. The van der Waals surface area contributed by atoms with Crippen LogP contribution in [-0.4, -0.2) is 35.9 Å². The summed E-state index contributed by atoms with van der Waals surface area (Å²) in [6.07, 6.45) is 1.59. The summed E-state index contributed by atoms with van der Waals surface area (Å²) in [5, 5.41) is 11.4. The molecule has 0 bridgehead atoms. The summed E-state index contributed by atoms with van der Waals surface area (Å²) in [6.45, 7) is 0. The van der Waals surface area contributed by atoms with Crippen molar-refractivity contribution >= 4 is 40.4 Å². The maximum absolute atomic E-state index is 13.1. The highest BCUT2D eigenvalue weighted by molar-refractivity contribution is 6.51.